The Morgan fingerprint density at radius 3 is 2.55 bits per heavy atom. The van der Waals surface area contributed by atoms with Crippen molar-refractivity contribution in [3.8, 4) is 0 Å². The fourth-order valence-corrected chi connectivity index (χ4v) is 3.97. The predicted octanol–water partition coefficient (Wildman–Crippen LogP) is 3.21. The molecule has 3 aromatic rings. The highest BCUT2D eigenvalue weighted by molar-refractivity contribution is 7.99. The number of amides is 1. The number of hydrogen-bond donors (Lipinski definition) is 1. The van der Waals surface area contributed by atoms with Gasteiger partial charge in [0.15, 0.2) is 5.16 Å². The van der Waals surface area contributed by atoms with Crippen molar-refractivity contribution in [1.29, 1.82) is 0 Å². The van der Waals surface area contributed by atoms with Crippen molar-refractivity contribution < 1.29 is 4.79 Å². The van der Waals surface area contributed by atoms with E-state index in [9.17, 15) is 4.79 Å². The number of aromatic nitrogens is 5. The Morgan fingerprint density at radius 2 is 1.90 bits per heavy atom. The zero-order valence-electron chi connectivity index (χ0n) is 17.6. The van der Waals surface area contributed by atoms with Crippen LogP contribution >= 0.6 is 11.8 Å². The molecule has 0 bridgehead atoms. The Labute approximate surface area is 175 Å². The van der Waals surface area contributed by atoms with Crippen molar-refractivity contribution in [2.45, 2.75) is 51.9 Å². The van der Waals surface area contributed by atoms with Gasteiger partial charge in [-0.05, 0) is 19.4 Å². The van der Waals surface area contributed by atoms with Crippen molar-refractivity contribution in [3.63, 3.8) is 0 Å². The maximum absolute atomic E-state index is 12.3. The molecule has 0 aliphatic carbocycles. The second-order valence-electron chi connectivity index (χ2n) is 7.41. The first-order valence-corrected chi connectivity index (χ1v) is 10.7. The fourth-order valence-electron chi connectivity index (χ4n) is 3.22. The van der Waals surface area contributed by atoms with Crippen LogP contribution in [0, 0.1) is 13.8 Å². The largest absolute Gasteiger partial charge is 0.351 e. The van der Waals surface area contributed by atoms with E-state index >= 15 is 0 Å². The molecule has 0 atom stereocenters. The lowest BCUT2D eigenvalue weighted by molar-refractivity contribution is -0.118. The van der Waals surface area contributed by atoms with Crippen molar-refractivity contribution >= 4 is 17.7 Å². The Kier molecular flexibility index (Phi) is 6.74. The second-order valence-corrected chi connectivity index (χ2v) is 8.36. The van der Waals surface area contributed by atoms with E-state index in [1.54, 1.807) is 0 Å². The van der Waals surface area contributed by atoms with Crippen LogP contribution < -0.4 is 5.32 Å². The summed E-state index contributed by atoms with van der Waals surface area (Å²) in [5.74, 6) is 1.50. The molecular formula is C21H28N6OS. The molecular weight excluding hydrogens is 384 g/mol. The van der Waals surface area contributed by atoms with Crippen LogP contribution in [0.4, 0.5) is 0 Å². The summed E-state index contributed by atoms with van der Waals surface area (Å²) in [6.07, 6.45) is 0. The van der Waals surface area contributed by atoms with E-state index in [2.05, 4.69) is 46.6 Å². The molecule has 2 aromatic heterocycles. The highest BCUT2D eigenvalue weighted by Crippen LogP contribution is 2.20. The minimum atomic E-state index is -0.0290. The molecule has 1 amide bonds. The summed E-state index contributed by atoms with van der Waals surface area (Å²) < 4.78 is 3.94. The van der Waals surface area contributed by atoms with Crippen LogP contribution in [0.15, 0.2) is 35.5 Å². The topological polar surface area (TPSA) is 77.6 Å². The van der Waals surface area contributed by atoms with Gasteiger partial charge in [-0.1, -0.05) is 55.9 Å². The third-order valence-electron chi connectivity index (χ3n) is 4.89. The number of rotatable bonds is 8. The normalized spacial score (nSPS) is 11.2. The Bertz CT molecular complexity index is 977. The summed E-state index contributed by atoms with van der Waals surface area (Å²) >= 11 is 1.40. The van der Waals surface area contributed by atoms with Gasteiger partial charge in [0.1, 0.15) is 5.82 Å². The monoisotopic (exact) mass is 412 g/mol. The number of nitrogens with zero attached hydrogens (tertiary/aromatic N) is 5. The van der Waals surface area contributed by atoms with Crippen LogP contribution in [0.2, 0.25) is 0 Å². The average molecular weight is 413 g/mol. The van der Waals surface area contributed by atoms with Gasteiger partial charge in [0.2, 0.25) is 5.91 Å². The molecule has 1 aromatic carbocycles. The molecule has 0 radical (unpaired) electrons. The molecule has 0 fully saturated rings. The molecule has 0 aliphatic heterocycles. The zero-order chi connectivity index (χ0) is 21.0. The second kappa shape index (κ2) is 9.26. The SMILES string of the molecule is Cc1nn(Cc2ccccc2)c(C)c1CNC(=O)CSc1nnc(C(C)C)n1C. The number of thioether (sulfide) groups is 1. The van der Waals surface area contributed by atoms with E-state index in [1.807, 2.05) is 48.3 Å². The minimum Gasteiger partial charge on any atom is -0.351 e. The van der Waals surface area contributed by atoms with Crippen LogP contribution in [-0.2, 0) is 24.9 Å². The summed E-state index contributed by atoms with van der Waals surface area (Å²) in [5, 5.41) is 16.8. The van der Waals surface area contributed by atoms with Gasteiger partial charge in [-0.25, -0.2) is 0 Å². The minimum absolute atomic E-state index is 0.0290. The third kappa shape index (κ3) is 5.06. The molecule has 154 valence electrons. The van der Waals surface area contributed by atoms with Gasteiger partial charge in [0.25, 0.3) is 0 Å². The van der Waals surface area contributed by atoms with Crippen LogP contribution in [0.25, 0.3) is 0 Å². The van der Waals surface area contributed by atoms with E-state index in [-0.39, 0.29) is 5.91 Å². The molecule has 8 heteroatoms. The number of nitrogens with one attached hydrogen (secondary N) is 1. The first-order valence-electron chi connectivity index (χ1n) is 9.72. The van der Waals surface area contributed by atoms with E-state index in [4.69, 9.17) is 0 Å². The van der Waals surface area contributed by atoms with Gasteiger partial charge < -0.3 is 9.88 Å². The smallest absolute Gasteiger partial charge is 0.230 e. The van der Waals surface area contributed by atoms with Crippen molar-refractivity contribution in [2.24, 2.45) is 7.05 Å². The maximum Gasteiger partial charge on any atom is 0.230 e. The van der Waals surface area contributed by atoms with Gasteiger partial charge in [0.05, 0.1) is 18.0 Å². The first-order chi connectivity index (χ1) is 13.9. The van der Waals surface area contributed by atoms with Crippen LogP contribution in [0.5, 0.6) is 0 Å². The summed E-state index contributed by atoms with van der Waals surface area (Å²) in [5.41, 5.74) is 4.30. The lowest BCUT2D eigenvalue weighted by atomic mass is 10.2. The molecule has 3 rings (SSSR count). The molecule has 0 spiro atoms. The quantitative estimate of drug-likeness (QED) is 0.575. The lowest BCUT2D eigenvalue weighted by Gasteiger charge is -2.08. The Hall–Kier alpha value is -2.61. The van der Waals surface area contributed by atoms with Gasteiger partial charge in [-0.2, -0.15) is 5.10 Å². The predicted molar refractivity (Wildman–Crippen MR) is 115 cm³/mol. The number of carbonyl (C=O) groups is 1. The van der Waals surface area contributed by atoms with Gasteiger partial charge in [0, 0.05) is 30.8 Å². The molecule has 29 heavy (non-hydrogen) atoms. The van der Waals surface area contributed by atoms with Gasteiger partial charge >= 0.3 is 0 Å². The number of benzene rings is 1. The van der Waals surface area contributed by atoms with Crippen LogP contribution in [-0.4, -0.2) is 36.2 Å². The molecule has 7 nitrogen and oxygen atoms in total. The van der Waals surface area contributed by atoms with E-state index < -0.39 is 0 Å². The Balaban J connectivity index is 1.56. The van der Waals surface area contributed by atoms with Crippen LogP contribution in [0.1, 0.15) is 48.1 Å². The summed E-state index contributed by atoms with van der Waals surface area (Å²) in [6.45, 7) is 9.38. The summed E-state index contributed by atoms with van der Waals surface area (Å²) in [6, 6.07) is 10.2. The molecule has 0 saturated carbocycles. The standard InChI is InChI=1S/C21H28N6OS/c1-14(2)20-23-24-21(26(20)5)29-13-19(28)22-11-18-15(3)25-27(16(18)4)12-17-9-7-6-8-10-17/h6-10,14H,11-13H2,1-5H3,(H,22,28). The van der Waals surface area contributed by atoms with Crippen LogP contribution in [0.3, 0.4) is 0 Å². The van der Waals surface area contributed by atoms with Gasteiger partial charge in [-0.15, -0.1) is 10.2 Å². The molecule has 1 N–H and O–H groups in total. The Morgan fingerprint density at radius 1 is 1.17 bits per heavy atom. The average Bonchev–Trinajstić information content (AvgIpc) is 3.19. The van der Waals surface area contributed by atoms with Crippen molar-refractivity contribution in [1.82, 2.24) is 29.9 Å². The van der Waals surface area contributed by atoms with E-state index in [1.165, 1.54) is 17.3 Å². The summed E-state index contributed by atoms with van der Waals surface area (Å²) in [4.78, 5) is 12.3. The highest BCUT2D eigenvalue weighted by Gasteiger charge is 2.15. The lowest BCUT2D eigenvalue weighted by Crippen LogP contribution is -2.25. The third-order valence-corrected chi connectivity index (χ3v) is 5.91. The van der Waals surface area contributed by atoms with E-state index in [0.717, 1.165) is 34.5 Å². The first kappa shape index (κ1) is 21.1. The van der Waals surface area contributed by atoms with Gasteiger partial charge in [-0.3, -0.25) is 9.48 Å². The number of aryl methyl sites for hydroxylation is 1. The number of hydrogen-bond acceptors (Lipinski definition) is 5. The zero-order valence-corrected chi connectivity index (χ0v) is 18.5. The number of carbonyl (C=O) groups excluding carboxylic acids is 1. The molecule has 0 unspecified atom stereocenters. The van der Waals surface area contributed by atoms with E-state index in [0.29, 0.717) is 18.2 Å². The highest BCUT2D eigenvalue weighted by atomic mass is 32.2. The van der Waals surface area contributed by atoms with Crippen molar-refractivity contribution in [2.75, 3.05) is 5.75 Å². The van der Waals surface area contributed by atoms with Crippen molar-refractivity contribution in [3.05, 3.63) is 58.7 Å². The molecule has 2 heterocycles. The maximum atomic E-state index is 12.3. The molecule has 0 aliphatic rings. The summed E-state index contributed by atoms with van der Waals surface area (Å²) in [7, 11) is 1.93. The molecule has 0 saturated heterocycles. The fraction of sp³-hybridized carbons (Fsp3) is 0.429.